The highest BCUT2D eigenvalue weighted by atomic mass is 32.1. The van der Waals surface area contributed by atoms with Crippen LogP contribution in [0.4, 0.5) is 9.59 Å². The maximum atomic E-state index is 11.1. The number of carbonyl (C=O) groups excluding carboxylic acids is 1. The standard InChI is InChI=1S/C11H15NO5S/c1-12(10(13)14)6-5-8(17-11(15)16-2)9-4-3-7-18-9/h3-4,7-8H,5-6H2,1-2H3,(H,13,14)/t8-/m1/s1. The Bertz CT molecular complexity index is 392. The molecule has 1 aromatic heterocycles. The van der Waals surface area contributed by atoms with Crippen LogP contribution in [0.3, 0.4) is 0 Å². The number of nitrogens with zero attached hydrogens (tertiary/aromatic N) is 1. The normalized spacial score (nSPS) is 11.7. The summed E-state index contributed by atoms with van der Waals surface area (Å²) in [4.78, 5) is 23.8. The summed E-state index contributed by atoms with van der Waals surface area (Å²) in [5.41, 5.74) is 0. The molecular formula is C11H15NO5S. The lowest BCUT2D eigenvalue weighted by Gasteiger charge is -2.19. The van der Waals surface area contributed by atoms with Crippen molar-refractivity contribution in [2.24, 2.45) is 0 Å². The Kier molecular flexibility index (Phi) is 5.44. The van der Waals surface area contributed by atoms with Crippen molar-refractivity contribution in [2.75, 3.05) is 20.7 Å². The third kappa shape index (κ3) is 4.25. The number of ether oxygens (including phenoxy) is 2. The van der Waals surface area contributed by atoms with Crippen LogP contribution in [-0.4, -0.2) is 43.0 Å². The van der Waals surface area contributed by atoms with Crippen LogP contribution in [-0.2, 0) is 9.47 Å². The second-order valence-electron chi connectivity index (χ2n) is 3.57. The zero-order chi connectivity index (χ0) is 13.5. The van der Waals surface area contributed by atoms with Crippen molar-refractivity contribution in [2.45, 2.75) is 12.5 Å². The first-order valence-corrected chi connectivity index (χ1v) is 6.14. The smallest absolute Gasteiger partial charge is 0.465 e. The van der Waals surface area contributed by atoms with E-state index in [0.29, 0.717) is 6.42 Å². The summed E-state index contributed by atoms with van der Waals surface area (Å²) in [7, 11) is 2.70. The highest BCUT2D eigenvalue weighted by Crippen LogP contribution is 2.26. The second-order valence-corrected chi connectivity index (χ2v) is 4.55. The second kappa shape index (κ2) is 6.85. The first kappa shape index (κ1) is 14.3. The molecule has 18 heavy (non-hydrogen) atoms. The van der Waals surface area contributed by atoms with Gasteiger partial charge in [-0.3, -0.25) is 0 Å². The Morgan fingerprint density at radius 2 is 2.28 bits per heavy atom. The molecule has 0 radical (unpaired) electrons. The molecule has 7 heteroatoms. The van der Waals surface area contributed by atoms with E-state index in [1.54, 1.807) is 0 Å². The predicted molar refractivity (Wildman–Crippen MR) is 65.8 cm³/mol. The van der Waals surface area contributed by atoms with E-state index in [9.17, 15) is 9.59 Å². The molecule has 0 saturated carbocycles. The molecule has 1 rings (SSSR count). The largest absolute Gasteiger partial charge is 0.508 e. The molecule has 0 fully saturated rings. The number of hydrogen-bond acceptors (Lipinski definition) is 5. The van der Waals surface area contributed by atoms with Gasteiger partial charge in [-0.25, -0.2) is 9.59 Å². The van der Waals surface area contributed by atoms with Crippen LogP contribution in [0.1, 0.15) is 17.4 Å². The van der Waals surface area contributed by atoms with E-state index in [1.807, 2.05) is 17.5 Å². The van der Waals surface area contributed by atoms with Crippen molar-refractivity contribution >= 4 is 23.6 Å². The van der Waals surface area contributed by atoms with Crippen molar-refractivity contribution in [1.82, 2.24) is 4.90 Å². The minimum Gasteiger partial charge on any atom is -0.465 e. The van der Waals surface area contributed by atoms with Crippen LogP contribution in [0.15, 0.2) is 17.5 Å². The van der Waals surface area contributed by atoms with Crippen LogP contribution >= 0.6 is 11.3 Å². The molecule has 0 bridgehead atoms. The highest BCUT2D eigenvalue weighted by molar-refractivity contribution is 7.10. The fraction of sp³-hybridized carbons (Fsp3) is 0.455. The Hall–Kier alpha value is -1.76. The molecule has 1 atom stereocenters. The number of thiophene rings is 1. The molecule has 6 nitrogen and oxygen atoms in total. The molecule has 0 saturated heterocycles. The number of hydrogen-bond donors (Lipinski definition) is 1. The van der Waals surface area contributed by atoms with Crippen molar-refractivity contribution in [1.29, 1.82) is 0 Å². The number of rotatable bonds is 5. The molecule has 0 aliphatic carbocycles. The van der Waals surface area contributed by atoms with Gasteiger partial charge in [0.1, 0.15) is 6.10 Å². The Morgan fingerprint density at radius 3 is 2.78 bits per heavy atom. The fourth-order valence-electron chi connectivity index (χ4n) is 1.30. The van der Waals surface area contributed by atoms with Crippen molar-refractivity contribution in [3.63, 3.8) is 0 Å². The molecule has 0 aliphatic heterocycles. The maximum absolute atomic E-state index is 11.1. The Labute approximate surface area is 109 Å². The van der Waals surface area contributed by atoms with Crippen LogP contribution < -0.4 is 0 Å². The monoisotopic (exact) mass is 273 g/mol. The van der Waals surface area contributed by atoms with Crippen LogP contribution in [0.5, 0.6) is 0 Å². The van der Waals surface area contributed by atoms with Gasteiger partial charge in [-0.15, -0.1) is 11.3 Å². The highest BCUT2D eigenvalue weighted by Gasteiger charge is 2.19. The number of methoxy groups -OCH3 is 1. The van der Waals surface area contributed by atoms with Gasteiger partial charge in [-0.2, -0.15) is 0 Å². The van der Waals surface area contributed by atoms with E-state index in [4.69, 9.17) is 9.84 Å². The lowest BCUT2D eigenvalue weighted by Crippen LogP contribution is -2.27. The zero-order valence-electron chi connectivity index (χ0n) is 10.2. The molecule has 0 spiro atoms. The van der Waals surface area contributed by atoms with E-state index in [0.717, 1.165) is 9.78 Å². The lowest BCUT2D eigenvalue weighted by molar-refractivity contribution is 0.0317. The van der Waals surface area contributed by atoms with Gasteiger partial charge in [-0.1, -0.05) is 6.07 Å². The van der Waals surface area contributed by atoms with E-state index in [2.05, 4.69) is 4.74 Å². The van der Waals surface area contributed by atoms with Crippen molar-refractivity contribution < 1.29 is 24.2 Å². The van der Waals surface area contributed by atoms with E-state index < -0.39 is 18.4 Å². The molecule has 1 aromatic rings. The summed E-state index contributed by atoms with van der Waals surface area (Å²) in [6.07, 6.45) is -1.89. The minimum atomic E-state index is -1.02. The molecule has 1 heterocycles. The zero-order valence-corrected chi connectivity index (χ0v) is 11.0. The number of carbonyl (C=O) groups is 2. The molecule has 0 aromatic carbocycles. The van der Waals surface area contributed by atoms with Gasteiger partial charge in [0.2, 0.25) is 0 Å². The quantitative estimate of drug-likeness (QED) is 0.834. The number of amides is 1. The third-order valence-electron chi connectivity index (χ3n) is 2.32. The van der Waals surface area contributed by atoms with Gasteiger partial charge in [0, 0.05) is 24.9 Å². The summed E-state index contributed by atoms with van der Waals surface area (Å²) < 4.78 is 9.55. The summed E-state index contributed by atoms with van der Waals surface area (Å²) in [5, 5.41) is 10.6. The molecule has 100 valence electrons. The first-order valence-electron chi connectivity index (χ1n) is 5.26. The van der Waals surface area contributed by atoms with Gasteiger partial charge in [0.05, 0.1) is 7.11 Å². The summed E-state index contributed by atoms with van der Waals surface area (Å²) in [5.74, 6) is 0. The summed E-state index contributed by atoms with van der Waals surface area (Å²) in [6, 6.07) is 3.67. The SMILES string of the molecule is COC(=O)O[C@H](CCN(C)C(=O)O)c1cccs1. The van der Waals surface area contributed by atoms with Gasteiger partial charge in [0.25, 0.3) is 0 Å². The average molecular weight is 273 g/mol. The Balaban J connectivity index is 2.61. The van der Waals surface area contributed by atoms with E-state index in [-0.39, 0.29) is 6.54 Å². The van der Waals surface area contributed by atoms with Crippen LogP contribution in [0, 0.1) is 0 Å². The number of carboxylic acid groups (broad SMARTS) is 1. The van der Waals surface area contributed by atoms with Crippen molar-refractivity contribution in [3.8, 4) is 0 Å². The predicted octanol–water partition coefficient (Wildman–Crippen LogP) is 2.57. The molecule has 0 aliphatic rings. The van der Waals surface area contributed by atoms with Gasteiger partial charge < -0.3 is 19.5 Å². The summed E-state index contributed by atoms with van der Waals surface area (Å²) in [6.45, 7) is 0.273. The van der Waals surface area contributed by atoms with Crippen LogP contribution in [0.25, 0.3) is 0 Å². The lowest BCUT2D eigenvalue weighted by atomic mass is 10.2. The van der Waals surface area contributed by atoms with E-state index in [1.165, 1.54) is 25.5 Å². The van der Waals surface area contributed by atoms with E-state index >= 15 is 0 Å². The molecule has 0 unspecified atom stereocenters. The minimum absolute atomic E-state index is 0.273. The summed E-state index contributed by atoms with van der Waals surface area (Å²) >= 11 is 1.44. The third-order valence-corrected chi connectivity index (χ3v) is 3.28. The van der Waals surface area contributed by atoms with Crippen molar-refractivity contribution in [3.05, 3.63) is 22.4 Å². The first-order chi connectivity index (χ1) is 8.54. The Morgan fingerprint density at radius 1 is 1.56 bits per heavy atom. The average Bonchev–Trinajstić information content (AvgIpc) is 2.87. The van der Waals surface area contributed by atoms with Gasteiger partial charge in [-0.05, 0) is 11.4 Å². The van der Waals surface area contributed by atoms with Gasteiger partial charge >= 0.3 is 12.2 Å². The maximum Gasteiger partial charge on any atom is 0.508 e. The molecule has 1 N–H and O–H groups in total. The molecule has 1 amide bonds. The fourth-order valence-corrected chi connectivity index (χ4v) is 2.09. The van der Waals surface area contributed by atoms with Crippen LogP contribution in [0.2, 0.25) is 0 Å². The van der Waals surface area contributed by atoms with Gasteiger partial charge in [0.15, 0.2) is 0 Å². The molecular weight excluding hydrogens is 258 g/mol. The topological polar surface area (TPSA) is 76.1 Å².